The Morgan fingerprint density at radius 3 is 2.56 bits per heavy atom. The molecule has 1 rings (SSSR count). The van der Waals surface area contributed by atoms with Crippen LogP contribution < -0.4 is 5.73 Å². The predicted octanol–water partition coefficient (Wildman–Crippen LogP) is 0.642. The molecule has 0 aliphatic heterocycles. The van der Waals surface area contributed by atoms with Crippen molar-refractivity contribution >= 4 is 5.97 Å². The number of ether oxygens (including phenoxy) is 1. The summed E-state index contributed by atoms with van der Waals surface area (Å²) in [5, 5.41) is 0. The summed E-state index contributed by atoms with van der Waals surface area (Å²) >= 11 is 0. The number of halogens is 1. The highest BCUT2D eigenvalue weighted by Gasteiger charge is 2.18. The monoisotopic (exact) mass is 227 g/mol. The third-order valence-corrected chi connectivity index (χ3v) is 2.01. The number of nitrogens with two attached hydrogens (primary N) is 1. The Balaban J connectivity index is 2.46. The number of hydrogen-bond donors (Lipinski definition) is 1. The molecule has 1 aromatic heterocycles. The van der Waals surface area contributed by atoms with Crippen molar-refractivity contribution in [2.45, 2.75) is 26.5 Å². The van der Waals surface area contributed by atoms with Crippen LogP contribution in [0.2, 0.25) is 0 Å². The summed E-state index contributed by atoms with van der Waals surface area (Å²) in [6.45, 7) is 3.54. The molecule has 1 aromatic rings. The van der Waals surface area contributed by atoms with E-state index in [9.17, 15) is 9.18 Å². The molecule has 6 heteroatoms. The SMILES string of the molecule is CC(C)C(N)C(=O)OCc1ncc(F)cn1. The standard InChI is InChI=1S/C10H14FN3O2/c1-6(2)9(12)10(15)16-5-8-13-3-7(11)4-14-8/h3-4,6,9H,5,12H2,1-2H3. The fraction of sp³-hybridized carbons (Fsp3) is 0.500. The smallest absolute Gasteiger partial charge is 0.323 e. The van der Waals surface area contributed by atoms with Gasteiger partial charge in [0.05, 0.1) is 12.4 Å². The number of nitrogens with zero attached hydrogens (tertiary/aromatic N) is 2. The molecule has 88 valence electrons. The van der Waals surface area contributed by atoms with Gasteiger partial charge in [0, 0.05) is 0 Å². The zero-order valence-electron chi connectivity index (χ0n) is 9.18. The Bertz CT molecular complexity index is 354. The summed E-state index contributed by atoms with van der Waals surface area (Å²) in [6.07, 6.45) is 2.02. The maximum absolute atomic E-state index is 12.5. The second kappa shape index (κ2) is 5.50. The first-order valence-electron chi connectivity index (χ1n) is 4.89. The van der Waals surface area contributed by atoms with Gasteiger partial charge in [-0.15, -0.1) is 0 Å². The van der Waals surface area contributed by atoms with Gasteiger partial charge in [-0.1, -0.05) is 13.8 Å². The van der Waals surface area contributed by atoms with E-state index in [0.717, 1.165) is 12.4 Å². The number of carbonyl (C=O) groups excluding carboxylic acids is 1. The number of rotatable bonds is 4. The molecule has 16 heavy (non-hydrogen) atoms. The normalized spacial score (nSPS) is 12.6. The van der Waals surface area contributed by atoms with E-state index in [-0.39, 0.29) is 18.3 Å². The minimum atomic E-state index is -0.666. The first-order valence-corrected chi connectivity index (χ1v) is 4.89. The number of aromatic nitrogens is 2. The minimum Gasteiger partial charge on any atom is -0.456 e. The fourth-order valence-corrected chi connectivity index (χ4v) is 0.918. The fourth-order valence-electron chi connectivity index (χ4n) is 0.918. The first-order chi connectivity index (χ1) is 7.50. The minimum absolute atomic E-state index is 0.00151. The second-order valence-corrected chi connectivity index (χ2v) is 3.70. The summed E-state index contributed by atoms with van der Waals surface area (Å²) in [5.41, 5.74) is 5.57. The highest BCUT2D eigenvalue weighted by molar-refractivity contribution is 5.75. The maximum atomic E-state index is 12.5. The van der Waals surface area contributed by atoms with E-state index >= 15 is 0 Å². The van der Waals surface area contributed by atoms with Gasteiger partial charge in [-0.05, 0) is 5.92 Å². The molecule has 1 heterocycles. The predicted molar refractivity (Wildman–Crippen MR) is 54.6 cm³/mol. The van der Waals surface area contributed by atoms with Crippen LogP contribution in [-0.4, -0.2) is 22.0 Å². The van der Waals surface area contributed by atoms with Gasteiger partial charge in [-0.25, -0.2) is 14.4 Å². The van der Waals surface area contributed by atoms with Crippen LogP contribution in [0, 0.1) is 11.7 Å². The molecule has 0 bridgehead atoms. The van der Waals surface area contributed by atoms with Gasteiger partial charge in [0.15, 0.2) is 18.2 Å². The summed E-state index contributed by atoms with van der Waals surface area (Å²) < 4.78 is 17.3. The lowest BCUT2D eigenvalue weighted by Gasteiger charge is -2.13. The van der Waals surface area contributed by atoms with E-state index in [2.05, 4.69) is 9.97 Å². The van der Waals surface area contributed by atoms with Gasteiger partial charge >= 0.3 is 5.97 Å². The average molecular weight is 227 g/mol. The topological polar surface area (TPSA) is 78.1 Å². The van der Waals surface area contributed by atoms with Crippen LogP contribution in [0.15, 0.2) is 12.4 Å². The van der Waals surface area contributed by atoms with E-state index in [4.69, 9.17) is 10.5 Å². The molecule has 1 unspecified atom stereocenters. The van der Waals surface area contributed by atoms with Crippen LogP contribution in [-0.2, 0) is 16.1 Å². The summed E-state index contributed by atoms with van der Waals surface area (Å²) in [7, 11) is 0. The first kappa shape index (κ1) is 12.5. The zero-order chi connectivity index (χ0) is 12.1. The van der Waals surface area contributed by atoms with Crippen LogP contribution in [0.25, 0.3) is 0 Å². The van der Waals surface area contributed by atoms with Crippen molar-refractivity contribution in [2.75, 3.05) is 0 Å². The van der Waals surface area contributed by atoms with E-state index < -0.39 is 17.8 Å². The molecule has 0 spiro atoms. The zero-order valence-corrected chi connectivity index (χ0v) is 9.18. The Hall–Kier alpha value is -1.56. The van der Waals surface area contributed by atoms with Gasteiger partial charge in [0.25, 0.3) is 0 Å². The van der Waals surface area contributed by atoms with Crippen molar-refractivity contribution in [1.29, 1.82) is 0 Å². The molecule has 5 nitrogen and oxygen atoms in total. The molecule has 0 aliphatic carbocycles. The summed E-state index contributed by atoms with van der Waals surface area (Å²) in [4.78, 5) is 18.6. The molecule has 2 N–H and O–H groups in total. The van der Waals surface area contributed by atoms with Crippen LogP contribution in [0.3, 0.4) is 0 Å². The molecule has 1 atom stereocenters. The molecule has 0 fully saturated rings. The Morgan fingerprint density at radius 1 is 1.50 bits per heavy atom. The van der Waals surface area contributed by atoms with Gasteiger partial charge < -0.3 is 10.5 Å². The number of hydrogen-bond acceptors (Lipinski definition) is 5. The van der Waals surface area contributed by atoms with Crippen molar-refractivity contribution in [1.82, 2.24) is 9.97 Å². The van der Waals surface area contributed by atoms with Gasteiger partial charge in [-0.3, -0.25) is 4.79 Å². The average Bonchev–Trinajstić information content (AvgIpc) is 2.26. The van der Waals surface area contributed by atoms with Crippen molar-refractivity contribution in [3.63, 3.8) is 0 Å². The molecule has 0 saturated heterocycles. The van der Waals surface area contributed by atoms with Gasteiger partial charge in [0.1, 0.15) is 6.04 Å². The van der Waals surface area contributed by atoms with Crippen molar-refractivity contribution in [3.05, 3.63) is 24.0 Å². The molecule has 0 radical (unpaired) electrons. The lowest BCUT2D eigenvalue weighted by molar-refractivity contribution is -0.147. The quantitative estimate of drug-likeness (QED) is 0.764. The largest absolute Gasteiger partial charge is 0.456 e. The van der Waals surface area contributed by atoms with E-state index in [1.165, 1.54) is 0 Å². The van der Waals surface area contributed by atoms with Crippen LogP contribution in [0.4, 0.5) is 4.39 Å². The maximum Gasteiger partial charge on any atom is 0.323 e. The summed E-state index contributed by atoms with van der Waals surface area (Å²) in [6, 6.07) is -0.666. The van der Waals surface area contributed by atoms with Crippen LogP contribution in [0.5, 0.6) is 0 Å². The van der Waals surface area contributed by atoms with Gasteiger partial charge in [-0.2, -0.15) is 0 Å². The summed E-state index contributed by atoms with van der Waals surface area (Å²) in [5.74, 6) is -0.802. The lowest BCUT2D eigenvalue weighted by Crippen LogP contribution is -2.36. The highest BCUT2D eigenvalue weighted by atomic mass is 19.1. The number of carbonyl (C=O) groups is 1. The van der Waals surface area contributed by atoms with Crippen molar-refractivity contribution in [3.8, 4) is 0 Å². The third-order valence-electron chi connectivity index (χ3n) is 2.01. The molecular weight excluding hydrogens is 213 g/mol. The van der Waals surface area contributed by atoms with Crippen LogP contribution in [0.1, 0.15) is 19.7 Å². The molecule has 0 amide bonds. The Labute approximate surface area is 92.8 Å². The molecule has 0 saturated carbocycles. The molecule has 0 aromatic carbocycles. The van der Waals surface area contributed by atoms with E-state index in [0.29, 0.717) is 0 Å². The van der Waals surface area contributed by atoms with Crippen LogP contribution >= 0.6 is 0 Å². The van der Waals surface area contributed by atoms with Crippen molar-refractivity contribution < 1.29 is 13.9 Å². The second-order valence-electron chi connectivity index (χ2n) is 3.70. The van der Waals surface area contributed by atoms with Gasteiger partial charge in [0.2, 0.25) is 0 Å². The van der Waals surface area contributed by atoms with E-state index in [1.54, 1.807) is 0 Å². The van der Waals surface area contributed by atoms with E-state index in [1.807, 2.05) is 13.8 Å². The highest BCUT2D eigenvalue weighted by Crippen LogP contribution is 2.02. The Morgan fingerprint density at radius 2 is 2.06 bits per heavy atom. The Kier molecular flexibility index (Phi) is 4.30. The lowest BCUT2D eigenvalue weighted by atomic mass is 10.1. The molecule has 0 aliphatic rings. The molecular formula is C10H14FN3O2. The third kappa shape index (κ3) is 3.54. The van der Waals surface area contributed by atoms with Crippen molar-refractivity contribution in [2.24, 2.45) is 11.7 Å². The number of esters is 1.